The Morgan fingerprint density at radius 2 is 1.82 bits per heavy atom. The van der Waals surface area contributed by atoms with Gasteiger partial charge in [0.05, 0.1) is 16.3 Å². The zero-order chi connectivity index (χ0) is 8.59. The minimum atomic E-state index is -0.0939. The molecule has 0 aromatic heterocycles. The van der Waals surface area contributed by atoms with Gasteiger partial charge in [-0.05, 0) is 6.07 Å². The lowest BCUT2D eigenvalue weighted by atomic mass is 10.2. The van der Waals surface area contributed by atoms with Crippen LogP contribution in [-0.2, 0) is 0 Å². The van der Waals surface area contributed by atoms with Crippen LogP contribution in [0.3, 0.4) is 0 Å². The van der Waals surface area contributed by atoms with E-state index >= 15 is 0 Å². The topological polar surface area (TPSA) is 72.3 Å². The normalized spacial score (nSPS) is 10.0. The number of phenols is 1. The number of nitrogen functional groups attached to an aromatic ring is 2. The van der Waals surface area contributed by atoms with Crippen LogP contribution in [0.4, 0.5) is 11.4 Å². The molecular formula is C6H8N2OS2. The Labute approximate surface area is 75.2 Å². The summed E-state index contributed by atoms with van der Waals surface area (Å²) < 4.78 is 0. The Balaban J connectivity index is 3.46. The molecule has 11 heavy (non-hydrogen) atoms. The Morgan fingerprint density at radius 1 is 1.27 bits per heavy atom. The van der Waals surface area contributed by atoms with Crippen LogP contribution in [0.2, 0.25) is 0 Å². The smallest absolute Gasteiger partial charge is 0.153 e. The molecule has 0 bridgehead atoms. The Kier molecular flexibility index (Phi) is 2.10. The van der Waals surface area contributed by atoms with Crippen molar-refractivity contribution in [3.63, 3.8) is 0 Å². The molecule has 5 heteroatoms. The maximum Gasteiger partial charge on any atom is 0.153 e. The molecule has 0 radical (unpaired) electrons. The monoisotopic (exact) mass is 188 g/mol. The van der Waals surface area contributed by atoms with Crippen molar-refractivity contribution in [1.29, 1.82) is 0 Å². The van der Waals surface area contributed by atoms with Gasteiger partial charge >= 0.3 is 0 Å². The number of aromatic hydroxyl groups is 1. The molecule has 1 aromatic rings. The third kappa shape index (κ3) is 1.34. The SMILES string of the molecule is Nc1cc(S)c(N)c(S)c1O. The van der Waals surface area contributed by atoms with E-state index in [9.17, 15) is 5.11 Å². The first-order valence-electron chi connectivity index (χ1n) is 2.83. The van der Waals surface area contributed by atoms with Gasteiger partial charge < -0.3 is 16.6 Å². The van der Waals surface area contributed by atoms with Gasteiger partial charge in [0.1, 0.15) is 0 Å². The van der Waals surface area contributed by atoms with Gasteiger partial charge in [0, 0.05) is 4.90 Å². The fraction of sp³-hybridized carbons (Fsp3) is 0. The molecule has 0 fully saturated rings. The lowest BCUT2D eigenvalue weighted by Crippen LogP contribution is -1.93. The van der Waals surface area contributed by atoms with E-state index in [-0.39, 0.29) is 16.3 Å². The molecule has 5 N–H and O–H groups in total. The number of nitrogens with two attached hydrogens (primary N) is 2. The summed E-state index contributed by atoms with van der Waals surface area (Å²) >= 11 is 7.97. The molecule has 0 atom stereocenters. The highest BCUT2D eigenvalue weighted by Gasteiger charge is 2.08. The molecule has 60 valence electrons. The van der Waals surface area contributed by atoms with E-state index < -0.39 is 0 Å². The summed E-state index contributed by atoms with van der Waals surface area (Å²) in [5.41, 5.74) is 11.4. The molecule has 0 amide bonds. The zero-order valence-corrected chi connectivity index (χ0v) is 7.36. The first-order valence-corrected chi connectivity index (χ1v) is 3.72. The van der Waals surface area contributed by atoms with E-state index in [4.69, 9.17) is 11.5 Å². The maximum absolute atomic E-state index is 9.20. The van der Waals surface area contributed by atoms with E-state index in [0.717, 1.165) is 0 Å². The van der Waals surface area contributed by atoms with Crippen molar-refractivity contribution < 1.29 is 5.11 Å². The first-order chi connectivity index (χ1) is 5.04. The lowest BCUT2D eigenvalue weighted by molar-refractivity contribution is 0.465. The second-order valence-electron chi connectivity index (χ2n) is 2.10. The van der Waals surface area contributed by atoms with Crippen molar-refractivity contribution in [3.8, 4) is 5.75 Å². The van der Waals surface area contributed by atoms with Crippen LogP contribution in [0.1, 0.15) is 0 Å². The first kappa shape index (κ1) is 8.42. The van der Waals surface area contributed by atoms with Crippen LogP contribution in [0, 0.1) is 0 Å². The van der Waals surface area contributed by atoms with Crippen LogP contribution < -0.4 is 11.5 Å². The van der Waals surface area contributed by atoms with Gasteiger partial charge in [-0.25, -0.2) is 0 Å². The van der Waals surface area contributed by atoms with Gasteiger partial charge in [-0.3, -0.25) is 0 Å². The largest absolute Gasteiger partial charge is 0.505 e. The molecule has 1 rings (SSSR count). The summed E-state index contributed by atoms with van der Waals surface area (Å²) in [6, 6.07) is 1.48. The van der Waals surface area contributed by atoms with E-state index in [1.54, 1.807) is 0 Å². The van der Waals surface area contributed by atoms with Gasteiger partial charge in [0.25, 0.3) is 0 Å². The summed E-state index contributed by atoms with van der Waals surface area (Å²) in [6.07, 6.45) is 0. The van der Waals surface area contributed by atoms with Gasteiger partial charge in [0.15, 0.2) is 5.75 Å². The van der Waals surface area contributed by atoms with Crippen LogP contribution in [0.5, 0.6) is 5.75 Å². The van der Waals surface area contributed by atoms with Crippen molar-refractivity contribution in [2.45, 2.75) is 9.79 Å². The van der Waals surface area contributed by atoms with Crippen molar-refractivity contribution in [2.75, 3.05) is 11.5 Å². The minimum absolute atomic E-state index is 0.0939. The molecule has 0 spiro atoms. The van der Waals surface area contributed by atoms with Gasteiger partial charge in [-0.15, -0.1) is 25.3 Å². The minimum Gasteiger partial charge on any atom is -0.505 e. The van der Waals surface area contributed by atoms with Crippen molar-refractivity contribution in [3.05, 3.63) is 6.07 Å². The molecule has 0 saturated carbocycles. The van der Waals surface area contributed by atoms with Crippen LogP contribution in [0.25, 0.3) is 0 Å². The highest BCUT2D eigenvalue weighted by Crippen LogP contribution is 2.37. The third-order valence-electron chi connectivity index (χ3n) is 1.32. The van der Waals surface area contributed by atoms with Crippen LogP contribution in [0.15, 0.2) is 15.9 Å². The molecule has 3 nitrogen and oxygen atoms in total. The van der Waals surface area contributed by atoms with Crippen molar-refractivity contribution in [2.24, 2.45) is 0 Å². The number of phenolic OH excluding ortho intramolecular Hbond substituents is 1. The predicted octanol–water partition coefficient (Wildman–Crippen LogP) is 1.13. The third-order valence-corrected chi connectivity index (χ3v) is 2.14. The quantitative estimate of drug-likeness (QED) is 0.241. The van der Waals surface area contributed by atoms with E-state index in [1.165, 1.54) is 6.07 Å². The summed E-state index contributed by atoms with van der Waals surface area (Å²) in [5.74, 6) is -0.0939. The van der Waals surface area contributed by atoms with E-state index in [0.29, 0.717) is 10.6 Å². The maximum atomic E-state index is 9.20. The number of hydrogen-bond donors (Lipinski definition) is 5. The zero-order valence-electron chi connectivity index (χ0n) is 5.57. The number of rotatable bonds is 0. The Morgan fingerprint density at radius 3 is 2.36 bits per heavy atom. The standard InChI is InChI=1S/C6H8N2OS2/c7-2-1-3(10)4(8)6(11)5(2)9/h1,9-11H,7-8H2. The molecular weight excluding hydrogens is 180 g/mol. The molecule has 0 saturated heterocycles. The average molecular weight is 188 g/mol. The van der Waals surface area contributed by atoms with Gasteiger partial charge in [0.2, 0.25) is 0 Å². The fourth-order valence-electron chi connectivity index (χ4n) is 0.679. The summed E-state index contributed by atoms with van der Waals surface area (Å²) in [5, 5.41) is 9.20. The fourth-order valence-corrected chi connectivity index (χ4v) is 1.27. The summed E-state index contributed by atoms with van der Waals surface area (Å²) in [7, 11) is 0. The molecule has 0 aliphatic heterocycles. The molecule has 1 aromatic carbocycles. The number of hydrogen-bond acceptors (Lipinski definition) is 5. The summed E-state index contributed by atoms with van der Waals surface area (Å²) in [4.78, 5) is 0.792. The Hall–Kier alpha value is -0.680. The Bertz CT molecular complexity index is 275. The molecule has 0 aliphatic carbocycles. The lowest BCUT2D eigenvalue weighted by Gasteiger charge is -2.07. The van der Waals surface area contributed by atoms with E-state index in [2.05, 4.69) is 25.3 Å². The molecule has 0 heterocycles. The molecule has 0 unspecified atom stereocenters. The number of benzene rings is 1. The number of thiol groups is 2. The van der Waals surface area contributed by atoms with Crippen molar-refractivity contribution >= 4 is 36.6 Å². The second kappa shape index (κ2) is 2.75. The highest BCUT2D eigenvalue weighted by atomic mass is 32.1. The average Bonchev–Trinajstić information content (AvgIpc) is 1.97. The van der Waals surface area contributed by atoms with Crippen LogP contribution in [-0.4, -0.2) is 5.11 Å². The molecule has 0 aliphatic rings. The van der Waals surface area contributed by atoms with Crippen LogP contribution >= 0.6 is 25.3 Å². The highest BCUT2D eigenvalue weighted by molar-refractivity contribution is 7.81. The van der Waals surface area contributed by atoms with Crippen molar-refractivity contribution in [1.82, 2.24) is 0 Å². The predicted molar refractivity (Wildman–Crippen MR) is 51.4 cm³/mol. The number of anilines is 2. The second-order valence-corrected chi connectivity index (χ2v) is 3.02. The van der Waals surface area contributed by atoms with E-state index in [1.807, 2.05) is 0 Å². The van der Waals surface area contributed by atoms with Gasteiger partial charge in [-0.1, -0.05) is 0 Å². The van der Waals surface area contributed by atoms with Gasteiger partial charge in [-0.2, -0.15) is 0 Å². The summed E-state index contributed by atoms with van der Waals surface area (Å²) in [6.45, 7) is 0.